The zero-order valence-electron chi connectivity index (χ0n) is 14.4. The van der Waals surface area contributed by atoms with Gasteiger partial charge >= 0.3 is 6.18 Å². The van der Waals surface area contributed by atoms with Crippen LogP contribution in [0.4, 0.5) is 17.6 Å². The van der Waals surface area contributed by atoms with Gasteiger partial charge in [0.25, 0.3) is 5.91 Å². The van der Waals surface area contributed by atoms with Gasteiger partial charge in [0.1, 0.15) is 5.82 Å². The molecule has 144 valence electrons. The van der Waals surface area contributed by atoms with Crippen LogP contribution in [0, 0.1) is 5.82 Å². The van der Waals surface area contributed by atoms with Crippen LogP contribution in [0.1, 0.15) is 32.9 Å². The van der Waals surface area contributed by atoms with Gasteiger partial charge in [-0.25, -0.2) is 9.07 Å². The SMILES string of the molecule is O=C1NCCc2c1cnn2-c1ccnc(Cc2cc(C(F)(F)F)ccc2F)c1. The summed E-state index contributed by atoms with van der Waals surface area (Å²) in [7, 11) is 0. The van der Waals surface area contributed by atoms with Gasteiger partial charge < -0.3 is 5.32 Å². The summed E-state index contributed by atoms with van der Waals surface area (Å²) in [6.45, 7) is 0.491. The Bertz CT molecular complexity index is 1060. The van der Waals surface area contributed by atoms with Crippen LogP contribution in [-0.4, -0.2) is 27.2 Å². The maximum absolute atomic E-state index is 14.0. The highest BCUT2D eigenvalue weighted by Crippen LogP contribution is 2.31. The Hall–Kier alpha value is -3.23. The second-order valence-corrected chi connectivity index (χ2v) is 6.41. The molecule has 28 heavy (non-hydrogen) atoms. The number of fused-ring (bicyclic) bond motifs is 1. The second-order valence-electron chi connectivity index (χ2n) is 6.41. The Kier molecular flexibility index (Phi) is 4.37. The lowest BCUT2D eigenvalue weighted by Gasteiger charge is -2.15. The number of alkyl halides is 3. The van der Waals surface area contributed by atoms with Crippen LogP contribution >= 0.6 is 0 Å². The molecule has 0 saturated heterocycles. The minimum Gasteiger partial charge on any atom is -0.352 e. The van der Waals surface area contributed by atoms with E-state index in [9.17, 15) is 22.4 Å². The minimum absolute atomic E-state index is 0.0960. The number of amides is 1. The molecule has 1 aliphatic rings. The highest BCUT2D eigenvalue weighted by molar-refractivity contribution is 5.96. The summed E-state index contributed by atoms with van der Waals surface area (Å²) in [6.07, 6.45) is -1.11. The van der Waals surface area contributed by atoms with Gasteiger partial charge in [0.05, 0.1) is 28.7 Å². The predicted octanol–water partition coefficient (Wildman–Crippen LogP) is 3.30. The molecule has 0 fully saturated rings. The van der Waals surface area contributed by atoms with Crippen LogP contribution in [0.15, 0.2) is 42.7 Å². The average molecular weight is 390 g/mol. The molecule has 9 heteroatoms. The summed E-state index contributed by atoms with van der Waals surface area (Å²) in [5, 5.41) is 6.97. The molecular formula is C19H14F4N4O. The van der Waals surface area contributed by atoms with Crippen molar-refractivity contribution in [2.24, 2.45) is 0 Å². The molecule has 2 aromatic heterocycles. The first-order valence-electron chi connectivity index (χ1n) is 8.49. The van der Waals surface area contributed by atoms with Gasteiger partial charge in [-0.1, -0.05) is 0 Å². The lowest BCUT2D eigenvalue weighted by atomic mass is 10.0. The smallest absolute Gasteiger partial charge is 0.352 e. The number of nitrogens with zero attached hydrogens (tertiary/aromatic N) is 3. The van der Waals surface area contributed by atoms with Crippen molar-refractivity contribution >= 4 is 5.91 Å². The molecule has 5 nitrogen and oxygen atoms in total. The van der Waals surface area contributed by atoms with Crippen LogP contribution in [0.5, 0.6) is 0 Å². The Morgan fingerprint density at radius 2 is 2.00 bits per heavy atom. The lowest BCUT2D eigenvalue weighted by Crippen LogP contribution is -2.32. The van der Waals surface area contributed by atoms with E-state index in [-0.39, 0.29) is 17.9 Å². The average Bonchev–Trinajstić information content (AvgIpc) is 3.08. The van der Waals surface area contributed by atoms with Crippen molar-refractivity contribution in [3.63, 3.8) is 0 Å². The number of hydrogen-bond donors (Lipinski definition) is 1. The number of nitrogens with one attached hydrogen (secondary N) is 1. The first kappa shape index (κ1) is 18.1. The second kappa shape index (κ2) is 6.74. The summed E-state index contributed by atoms with van der Waals surface area (Å²) in [5.41, 5.74) is 1.21. The Morgan fingerprint density at radius 3 is 2.79 bits per heavy atom. The summed E-state index contributed by atoms with van der Waals surface area (Å²) >= 11 is 0. The van der Waals surface area contributed by atoms with Crippen LogP contribution in [0.25, 0.3) is 5.69 Å². The fraction of sp³-hybridized carbons (Fsp3) is 0.211. The van der Waals surface area contributed by atoms with Gasteiger partial charge in [-0.2, -0.15) is 18.3 Å². The number of benzene rings is 1. The fourth-order valence-electron chi connectivity index (χ4n) is 3.19. The van der Waals surface area contributed by atoms with E-state index >= 15 is 0 Å². The number of carbonyl (C=O) groups is 1. The first-order chi connectivity index (χ1) is 13.3. The lowest BCUT2D eigenvalue weighted by molar-refractivity contribution is -0.137. The molecule has 3 heterocycles. The topological polar surface area (TPSA) is 59.8 Å². The number of aromatic nitrogens is 3. The van der Waals surface area contributed by atoms with Crippen molar-refractivity contribution in [3.05, 3.63) is 76.6 Å². The van der Waals surface area contributed by atoms with E-state index in [0.29, 0.717) is 36.0 Å². The maximum atomic E-state index is 14.0. The van der Waals surface area contributed by atoms with E-state index in [2.05, 4.69) is 15.4 Å². The highest BCUT2D eigenvalue weighted by Gasteiger charge is 2.31. The molecule has 0 saturated carbocycles. The minimum atomic E-state index is -4.55. The molecule has 4 rings (SSSR count). The number of carbonyl (C=O) groups excluding carboxylic acids is 1. The van der Waals surface area contributed by atoms with Gasteiger partial charge in [0.2, 0.25) is 0 Å². The summed E-state index contributed by atoms with van der Waals surface area (Å²) in [5.74, 6) is -0.929. The van der Waals surface area contributed by atoms with E-state index < -0.39 is 17.6 Å². The molecular weight excluding hydrogens is 376 g/mol. The maximum Gasteiger partial charge on any atom is 0.416 e. The largest absolute Gasteiger partial charge is 0.416 e. The normalized spacial score (nSPS) is 13.9. The number of pyridine rings is 1. The quantitative estimate of drug-likeness (QED) is 0.698. The zero-order valence-corrected chi connectivity index (χ0v) is 14.4. The zero-order chi connectivity index (χ0) is 19.9. The van der Waals surface area contributed by atoms with E-state index in [1.54, 1.807) is 16.8 Å². The summed E-state index contributed by atoms with van der Waals surface area (Å²) < 4.78 is 54.3. The van der Waals surface area contributed by atoms with E-state index in [0.717, 1.165) is 17.8 Å². The molecule has 0 bridgehead atoms. The third-order valence-corrected chi connectivity index (χ3v) is 4.55. The first-order valence-corrected chi connectivity index (χ1v) is 8.49. The Balaban J connectivity index is 1.67. The number of hydrogen-bond acceptors (Lipinski definition) is 3. The van der Waals surface area contributed by atoms with Crippen LogP contribution in [0.3, 0.4) is 0 Å². The molecule has 1 aromatic carbocycles. The monoisotopic (exact) mass is 390 g/mol. The molecule has 0 atom stereocenters. The fourth-order valence-corrected chi connectivity index (χ4v) is 3.19. The van der Waals surface area contributed by atoms with Crippen LogP contribution < -0.4 is 5.32 Å². The van der Waals surface area contributed by atoms with Gasteiger partial charge in [0, 0.05) is 31.3 Å². The van der Waals surface area contributed by atoms with Gasteiger partial charge in [-0.05, 0) is 35.9 Å². The summed E-state index contributed by atoms with van der Waals surface area (Å²) in [4.78, 5) is 16.0. The highest BCUT2D eigenvalue weighted by atomic mass is 19.4. The molecule has 1 N–H and O–H groups in total. The van der Waals surface area contributed by atoms with Crippen molar-refractivity contribution in [2.75, 3.05) is 6.54 Å². The predicted molar refractivity (Wildman–Crippen MR) is 91.6 cm³/mol. The van der Waals surface area contributed by atoms with Crippen LogP contribution in [0.2, 0.25) is 0 Å². The van der Waals surface area contributed by atoms with Crippen LogP contribution in [-0.2, 0) is 19.0 Å². The Morgan fingerprint density at radius 1 is 1.18 bits per heavy atom. The van der Waals surface area contributed by atoms with Crippen molar-refractivity contribution in [1.82, 2.24) is 20.1 Å². The molecule has 0 aliphatic carbocycles. The van der Waals surface area contributed by atoms with E-state index in [4.69, 9.17) is 0 Å². The molecule has 1 aliphatic heterocycles. The van der Waals surface area contributed by atoms with E-state index in [1.807, 2.05) is 0 Å². The molecule has 1 amide bonds. The molecule has 0 spiro atoms. The number of rotatable bonds is 3. The van der Waals surface area contributed by atoms with Crippen molar-refractivity contribution in [1.29, 1.82) is 0 Å². The van der Waals surface area contributed by atoms with Crippen molar-refractivity contribution in [2.45, 2.75) is 19.0 Å². The number of halogens is 4. The molecule has 3 aromatic rings. The standard InChI is InChI=1S/C19H14F4N4O/c20-16-2-1-12(19(21,22)23)7-11(16)8-13-9-14(3-5-24-13)27-17-4-6-25-18(28)15(17)10-26-27/h1-3,5,7,9-10H,4,6,8H2,(H,25,28). The Labute approximate surface area is 157 Å². The van der Waals surface area contributed by atoms with Gasteiger partial charge in [-0.3, -0.25) is 9.78 Å². The van der Waals surface area contributed by atoms with Crippen molar-refractivity contribution < 1.29 is 22.4 Å². The van der Waals surface area contributed by atoms with Gasteiger partial charge in [-0.15, -0.1) is 0 Å². The van der Waals surface area contributed by atoms with Gasteiger partial charge in [0.15, 0.2) is 0 Å². The molecule has 0 unspecified atom stereocenters. The summed E-state index contributed by atoms with van der Waals surface area (Å²) in [6, 6.07) is 5.61. The third-order valence-electron chi connectivity index (χ3n) is 4.55. The van der Waals surface area contributed by atoms with E-state index in [1.165, 1.54) is 12.4 Å². The third kappa shape index (κ3) is 3.35. The van der Waals surface area contributed by atoms with Crippen molar-refractivity contribution in [3.8, 4) is 5.69 Å². The molecule has 0 radical (unpaired) electrons.